The van der Waals surface area contributed by atoms with Crippen LogP contribution in [0.5, 0.6) is 5.75 Å². The van der Waals surface area contributed by atoms with E-state index in [0.29, 0.717) is 17.3 Å². The Bertz CT molecular complexity index is 535. The van der Waals surface area contributed by atoms with Crippen LogP contribution in [0, 0.1) is 0 Å². The Morgan fingerprint density at radius 1 is 1.23 bits per heavy atom. The van der Waals surface area contributed by atoms with E-state index in [9.17, 15) is 4.79 Å². The third-order valence-electron chi connectivity index (χ3n) is 3.17. The number of hydrogen-bond donors (Lipinski definition) is 2. The van der Waals surface area contributed by atoms with Gasteiger partial charge in [0.15, 0.2) is 6.61 Å². The topological polar surface area (TPSA) is 53.6 Å². The Morgan fingerprint density at radius 2 is 1.88 bits per heavy atom. The number of benzene rings is 1. The molecule has 0 aliphatic heterocycles. The molecular formula is C18H32Cl3N3O2. The highest BCUT2D eigenvalue weighted by atomic mass is 35.5. The lowest BCUT2D eigenvalue weighted by Gasteiger charge is -2.21. The number of ether oxygens (including phenoxy) is 1. The maximum atomic E-state index is 11.9. The molecule has 0 spiro atoms. The van der Waals surface area contributed by atoms with Crippen LogP contribution in [-0.2, 0) is 11.3 Å². The van der Waals surface area contributed by atoms with Gasteiger partial charge < -0.3 is 20.3 Å². The third-order valence-corrected chi connectivity index (χ3v) is 3.41. The van der Waals surface area contributed by atoms with E-state index in [-0.39, 0.29) is 42.9 Å². The van der Waals surface area contributed by atoms with Crippen LogP contribution in [0.4, 0.5) is 0 Å². The molecule has 2 N–H and O–H groups in total. The van der Waals surface area contributed by atoms with Crippen LogP contribution in [0.25, 0.3) is 0 Å². The van der Waals surface area contributed by atoms with Crippen molar-refractivity contribution in [3.8, 4) is 5.75 Å². The molecule has 26 heavy (non-hydrogen) atoms. The second kappa shape index (κ2) is 13.4. The Labute approximate surface area is 175 Å². The zero-order valence-corrected chi connectivity index (χ0v) is 18.6. The molecule has 0 aromatic heterocycles. The van der Waals surface area contributed by atoms with Crippen molar-refractivity contribution in [1.82, 2.24) is 15.5 Å². The van der Waals surface area contributed by atoms with Crippen molar-refractivity contribution in [1.29, 1.82) is 0 Å². The van der Waals surface area contributed by atoms with Gasteiger partial charge in [0, 0.05) is 22.7 Å². The summed E-state index contributed by atoms with van der Waals surface area (Å²) in [4.78, 5) is 14.0. The van der Waals surface area contributed by atoms with Crippen molar-refractivity contribution < 1.29 is 9.53 Å². The van der Waals surface area contributed by atoms with Gasteiger partial charge in [-0.15, -0.1) is 24.8 Å². The van der Waals surface area contributed by atoms with Crippen molar-refractivity contribution in [2.24, 2.45) is 0 Å². The Hall–Kier alpha value is -0.720. The first-order chi connectivity index (χ1) is 11.2. The fourth-order valence-corrected chi connectivity index (χ4v) is 2.36. The molecule has 0 unspecified atom stereocenters. The minimum atomic E-state index is -0.267. The predicted octanol–water partition coefficient (Wildman–Crippen LogP) is 3.52. The highest BCUT2D eigenvalue weighted by Crippen LogP contribution is 2.23. The van der Waals surface area contributed by atoms with E-state index in [1.54, 1.807) is 6.07 Å². The van der Waals surface area contributed by atoms with Crippen LogP contribution in [0.2, 0.25) is 5.02 Å². The fraction of sp³-hybridized carbons (Fsp3) is 0.611. The monoisotopic (exact) mass is 427 g/mol. The first-order valence-electron chi connectivity index (χ1n) is 8.25. The van der Waals surface area contributed by atoms with E-state index in [2.05, 4.69) is 29.6 Å². The van der Waals surface area contributed by atoms with Crippen LogP contribution in [-0.4, -0.2) is 50.1 Å². The first-order valence-corrected chi connectivity index (χ1v) is 8.63. The summed E-state index contributed by atoms with van der Waals surface area (Å²) in [6.07, 6.45) is 1.07. The molecule has 0 saturated heterocycles. The van der Waals surface area contributed by atoms with Gasteiger partial charge >= 0.3 is 0 Å². The van der Waals surface area contributed by atoms with Gasteiger partial charge in [-0.05, 0) is 72.6 Å². The quantitative estimate of drug-likeness (QED) is 0.591. The molecule has 152 valence electrons. The summed E-state index contributed by atoms with van der Waals surface area (Å²) >= 11 is 6.08. The number of rotatable bonds is 9. The largest absolute Gasteiger partial charge is 0.483 e. The van der Waals surface area contributed by atoms with Gasteiger partial charge in [-0.3, -0.25) is 4.79 Å². The second-order valence-electron chi connectivity index (χ2n) is 7.17. The first kappa shape index (κ1) is 27.5. The third kappa shape index (κ3) is 12.6. The van der Waals surface area contributed by atoms with Crippen molar-refractivity contribution in [3.63, 3.8) is 0 Å². The summed E-state index contributed by atoms with van der Waals surface area (Å²) in [5.74, 6) is 0.547. The number of amides is 1. The molecule has 0 radical (unpaired) electrons. The molecule has 5 nitrogen and oxygen atoms in total. The highest BCUT2D eigenvalue weighted by Gasteiger charge is 2.14. The van der Waals surface area contributed by atoms with Crippen molar-refractivity contribution >= 4 is 42.3 Å². The molecule has 0 aliphatic carbocycles. The lowest BCUT2D eigenvalue weighted by Crippen LogP contribution is -2.43. The van der Waals surface area contributed by atoms with Crippen LogP contribution in [0.15, 0.2) is 18.2 Å². The van der Waals surface area contributed by atoms with Gasteiger partial charge in [-0.25, -0.2) is 0 Å². The number of carbonyl (C=O) groups is 1. The van der Waals surface area contributed by atoms with E-state index in [0.717, 1.165) is 25.1 Å². The van der Waals surface area contributed by atoms with Gasteiger partial charge in [0.25, 0.3) is 5.91 Å². The Balaban J connectivity index is 0. The molecule has 0 aliphatic rings. The lowest BCUT2D eigenvalue weighted by atomic mass is 10.1. The zero-order chi connectivity index (χ0) is 18.2. The number of carbonyl (C=O) groups excluding carboxylic acids is 1. The average molecular weight is 429 g/mol. The van der Waals surface area contributed by atoms with Gasteiger partial charge in [0.2, 0.25) is 0 Å². The number of hydrogen-bond acceptors (Lipinski definition) is 4. The fourth-order valence-electron chi connectivity index (χ4n) is 2.17. The molecule has 1 rings (SSSR count). The van der Waals surface area contributed by atoms with E-state index in [4.69, 9.17) is 16.3 Å². The summed E-state index contributed by atoms with van der Waals surface area (Å²) in [6, 6.07) is 5.45. The Morgan fingerprint density at radius 3 is 2.46 bits per heavy atom. The Kier molecular flexibility index (Phi) is 14.2. The summed E-state index contributed by atoms with van der Waals surface area (Å²) in [5, 5.41) is 6.92. The van der Waals surface area contributed by atoms with Crippen molar-refractivity contribution in [2.45, 2.75) is 39.3 Å². The summed E-state index contributed by atoms with van der Waals surface area (Å²) in [7, 11) is 4.12. The summed E-state index contributed by atoms with van der Waals surface area (Å²) in [6.45, 7) is 8.42. The molecule has 1 aromatic rings. The van der Waals surface area contributed by atoms with E-state index in [1.807, 2.05) is 32.9 Å². The maximum absolute atomic E-state index is 11.9. The van der Waals surface area contributed by atoms with Gasteiger partial charge in [0.05, 0.1) is 0 Å². The maximum Gasteiger partial charge on any atom is 0.258 e. The van der Waals surface area contributed by atoms with E-state index in [1.165, 1.54) is 0 Å². The molecule has 0 atom stereocenters. The average Bonchev–Trinajstić information content (AvgIpc) is 2.43. The van der Waals surface area contributed by atoms with Crippen LogP contribution in [0.1, 0.15) is 32.8 Å². The highest BCUT2D eigenvalue weighted by molar-refractivity contribution is 6.30. The molecular weight excluding hydrogens is 397 g/mol. The zero-order valence-electron chi connectivity index (χ0n) is 16.2. The van der Waals surface area contributed by atoms with E-state index >= 15 is 0 Å². The molecule has 0 bridgehead atoms. The second-order valence-corrected chi connectivity index (χ2v) is 7.61. The van der Waals surface area contributed by atoms with E-state index < -0.39 is 0 Å². The van der Waals surface area contributed by atoms with Crippen molar-refractivity contribution in [2.75, 3.05) is 33.8 Å². The summed E-state index contributed by atoms with van der Waals surface area (Å²) < 4.78 is 5.68. The van der Waals surface area contributed by atoms with Gasteiger partial charge in [-0.1, -0.05) is 11.6 Å². The lowest BCUT2D eigenvalue weighted by molar-refractivity contribution is -0.124. The van der Waals surface area contributed by atoms with Crippen LogP contribution in [0.3, 0.4) is 0 Å². The minimum Gasteiger partial charge on any atom is -0.483 e. The summed E-state index contributed by atoms with van der Waals surface area (Å²) in [5.41, 5.74) is 0.688. The number of halogens is 3. The molecule has 8 heteroatoms. The SMILES string of the molecule is CN(C)CCCNCc1cc(Cl)ccc1OCC(=O)NC(C)(C)C.Cl.Cl. The molecule has 0 heterocycles. The van der Waals surface area contributed by atoms with Crippen molar-refractivity contribution in [3.05, 3.63) is 28.8 Å². The molecule has 0 fully saturated rings. The van der Waals surface area contributed by atoms with Gasteiger partial charge in [0.1, 0.15) is 5.75 Å². The normalized spacial score (nSPS) is 10.7. The van der Waals surface area contributed by atoms with Crippen LogP contribution >= 0.6 is 36.4 Å². The molecule has 0 saturated carbocycles. The minimum absolute atomic E-state index is 0. The standard InChI is InChI=1S/C18H30ClN3O2.2ClH/c1-18(2,3)21-17(23)13-24-16-8-7-15(19)11-14(16)12-20-9-6-10-22(4)5;;/h7-8,11,20H,6,9-10,12-13H2,1-5H3,(H,21,23);2*1H. The number of nitrogens with one attached hydrogen (secondary N) is 2. The predicted molar refractivity (Wildman–Crippen MR) is 114 cm³/mol. The molecule has 1 aromatic carbocycles. The number of nitrogens with zero attached hydrogens (tertiary/aromatic N) is 1. The smallest absolute Gasteiger partial charge is 0.258 e. The van der Waals surface area contributed by atoms with Crippen LogP contribution < -0.4 is 15.4 Å². The molecule has 1 amide bonds. The van der Waals surface area contributed by atoms with Gasteiger partial charge in [-0.2, -0.15) is 0 Å².